The van der Waals surface area contributed by atoms with E-state index in [0.29, 0.717) is 28.3 Å². The molecule has 1 fully saturated rings. The third-order valence-electron chi connectivity index (χ3n) is 6.17. The van der Waals surface area contributed by atoms with E-state index in [-0.39, 0.29) is 37.2 Å². The van der Waals surface area contributed by atoms with Crippen LogP contribution in [0.1, 0.15) is 58.7 Å². The van der Waals surface area contributed by atoms with Crippen molar-refractivity contribution in [3.63, 3.8) is 0 Å². The minimum atomic E-state index is -1.05. The van der Waals surface area contributed by atoms with E-state index in [2.05, 4.69) is 5.32 Å². The Morgan fingerprint density at radius 1 is 0.897 bits per heavy atom. The second kappa shape index (κ2) is 13.4. The molecule has 1 saturated heterocycles. The smallest absolute Gasteiger partial charge is 0.336 e. The van der Waals surface area contributed by atoms with Gasteiger partial charge in [0, 0.05) is 34.7 Å². The molecule has 1 heterocycles. The fourth-order valence-electron chi connectivity index (χ4n) is 4.18. The number of aliphatic carboxylic acids is 1. The lowest BCUT2D eigenvalue weighted by Crippen LogP contribution is -2.31. The van der Waals surface area contributed by atoms with Gasteiger partial charge in [-0.2, -0.15) is 0 Å². The van der Waals surface area contributed by atoms with Crippen LogP contribution in [-0.2, 0) is 25.7 Å². The van der Waals surface area contributed by atoms with Crippen molar-refractivity contribution in [2.45, 2.75) is 49.3 Å². The van der Waals surface area contributed by atoms with E-state index in [1.165, 1.54) is 11.8 Å². The SMILES string of the molecule is O=C(O)CCC(=O)Nc1cccc([C@H]2O[C@@H](CSc3ccccc3C(=O)O)C[C@@H](c3ccc(CO)cc3)O2)c1. The number of hydrogen-bond donors (Lipinski definition) is 4. The molecular weight excluding hydrogens is 522 g/mol. The number of ether oxygens (including phenoxy) is 2. The molecule has 0 aromatic heterocycles. The number of carboxylic acid groups (broad SMARTS) is 2. The Bertz CT molecular complexity index is 1310. The molecule has 3 aromatic rings. The summed E-state index contributed by atoms with van der Waals surface area (Å²) in [6.07, 6.45) is -1.25. The highest BCUT2D eigenvalue weighted by atomic mass is 32.2. The van der Waals surface area contributed by atoms with E-state index < -0.39 is 24.1 Å². The number of aliphatic hydroxyl groups is 1. The Labute approximate surface area is 229 Å². The van der Waals surface area contributed by atoms with Gasteiger partial charge in [0.05, 0.1) is 30.8 Å². The highest BCUT2D eigenvalue weighted by Crippen LogP contribution is 2.40. The molecule has 1 aliphatic heterocycles. The van der Waals surface area contributed by atoms with Crippen molar-refractivity contribution in [1.82, 2.24) is 0 Å². The number of nitrogens with one attached hydrogen (secondary N) is 1. The molecule has 3 atom stereocenters. The lowest BCUT2D eigenvalue weighted by Gasteiger charge is -2.36. The number of aromatic carboxylic acids is 1. The number of anilines is 1. The zero-order chi connectivity index (χ0) is 27.8. The Balaban J connectivity index is 1.53. The average Bonchev–Trinajstić information content (AvgIpc) is 2.95. The zero-order valence-corrected chi connectivity index (χ0v) is 21.8. The maximum absolute atomic E-state index is 12.1. The van der Waals surface area contributed by atoms with Gasteiger partial charge in [0.25, 0.3) is 0 Å². The van der Waals surface area contributed by atoms with Crippen LogP contribution in [0.5, 0.6) is 0 Å². The summed E-state index contributed by atoms with van der Waals surface area (Å²) >= 11 is 1.40. The van der Waals surface area contributed by atoms with Crippen LogP contribution in [0.2, 0.25) is 0 Å². The van der Waals surface area contributed by atoms with Crippen LogP contribution >= 0.6 is 11.8 Å². The summed E-state index contributed by atoms with van der Waals surface area (Å²) in [6, 6.07) is 21.3. The van der Waals surface area contributed by atoms with Crippen LogP contribution in [0.3, 0.4) is 0 Å². The van der Waals surface area contributed by atoms with Gasteiger partial charge in [0.1, 0.15) is 0 Å². The van der Waals surface area contributed by atoms with Crippen LogP contribution in [-0.4, -0.2) is 45.0 Å². The van der Waals surface area contributed by atoms with E-state index in [9.17, 15) is 24.6 Å². The van der Waals surface area contributed by atoms with Gasteiger partial charge < -0.3 is 30.1 Å². The summed E-state index contributed by atoms with van der Waals surface area (Å²) in [7, 11) is 0. The van der Waals surface area contributed by atoms with E-state index >= 15 is 0 Å². The first-order valence-corrected chi connectivity index (χ1v) is 13.4. The molecule has 10 heteroatoms. The van der Waals surface area contributed by atoms with Gasteiger partial charge in [-0.3, -0.25) is 9.59 Å². The average molecular weight is 552 g/mol. The number of thioether (sulfide) groups is 1. The standard InChI is InChI=1S/C29H29NO8S/c31-16-18-8-10-19(11-9-18)24-15-22(17-39-25-7-2-1-6-23(25)28(35)36)37-29(38-24)20-4-3-5-21(14-20)30-26(32)12-13-27(33)34/h1-11,14,22,24,29,31H,12-13,15-17H2,(H,30,32)(H,33,34)(H,35,36)/t22-,24+,29+/m1/s1. The monoisotopic (exact) mass is 551 g/mol. The first-order chi connectivity index (χ1) is 18.8. The van der Waals surface area contributed by atoms with E-state index in [0.717, 1.165) is 11.1 Å². The van der Waals surface area contributed by atoms with Crippen LogP contribution in [0, 0.1) is 0 Å². The van der Waals surface area contributed by atoms with E-state index in [4.69, 9.17) is 14.6 Å². The molecule has 0 aliphatic carbocycles. The van der Waals surface area contributed by atoms with Crippen molar-refractivity contribution < 1.29 is 39.2 Å². The lowest BCUT2D eigenvalue weighted by molar-refractivity contribution is -0.245. The zero-order valence-electron chi connectivity index (χ0n) is 21.0. The summed E-state index contributed by atoms with van der Waals surface area (Å²) < 4.78 is 12.6. The Hall–Kier alpha value is -3.70. The predicted octanol–water partition coefficient (Wildman–Crippen LogP) is 5.02. The van der Waals surface area contributed by atoms with Crippen LogP contribution in [0.25, 0.3) is 0 Å². The molecule has 0 bridgehead atoms. The molecule has 204 valence electrons. The van der Waals surface area contributed by atoms with Gasteiger partial charge in [-0.05, 0) is 35.4 Å². The molecule has 4 N–H and O–H groups in total. The number of carboxylic acids is 2. The van der Waals surface area contributed by atoms with Crippen LogP contribution in [0.4, 0.5) is 5.69 Å². The van der Waals surface area contributed by atoms with Crippen molar-refractivity contribution in [2.24, 2.45) is 0 Å². The Kier molecular flexibility index (Phi) is 9.72. The Morgan fingerprint density at radius 3 is 2.38 bits per heavy atom. The first kappa shape index (κ1) is 28.3. The van der Waals surface area contributed by atoms with Crippen molar-refractivity contribution >= 4 is 35.3 Å². The van der Waals surface area contributed by atoms with Gasteiger partial charge in [-0.1, -0.05) is 48.5 Å². The second-order valence-corrected chi connectivity index (χ2v) is 10.1. The summed E-state index contributed by atoms with van der Waals surface area (Å²) in [5, 5.41) is 30.5. The quantitative estimate of drug-likeness (QED) is 0.242. The van der Waals surface area contributed by atoms with Crippen molar-refractivity contribution in [3.8, 4) is 0 Å². The van der Waals surface area contributed by atoms with Crippen molar-refractivity contribution in [1.29, 1.82) is 0 Å². The van der Waals surface area contributed by atoms with Gasteiger partial charge in [-0.25, -0.2) is 4.79 Å². The molecule has 3 aromatic carbocycles. The topological polar surface area (TPSA) is 142 Å². The number of aliphatic hydroxyl groups excluding tert-OH is 1. The number of carbonyl (C=O) groups excluding carboxylic acids is 1. The fourth-order valence-corrected chi connectivity index (χ4v) is 5.25. The summed E-state index contributed by atoms with van der Waals surface area (Å²) in [5.41, 5.74) is 3.09. The number of rotatable bonds is 11. The summed E-state index contributed by atoms with van der Waals surface area (Å²) in [4.78, 5) is 35.2. The fraction of sp³-hybridized carbons (Fsp3) is 0.276. The maximum atomic E-state index is 12.1. The summed E-state index contributed by atoms with van der Waals surface area (Å²) in [5.74, 6) is -1.96. The molecule has 0 radical (unpaired) electrons. The molecule has 0 unspecified atom stereocenters. The van der Waals surface area contributed by atoms with Crippen LogP contribution in [0.15, 0.2) is 77.7 Å². The molecule has 1 aliphatic rings. The highest BCUT2D eigenvalue weighted by molar-refractivity contribution is 7.99. The molecule has 9 nitrogen and oxygen atoms in total. The normalized spacial score (nSPS) is 18.8. The van der Waals surface area contributed by atoms with Crippen molar-refractivity contribution in [2.75, 3.05) is 11.1 Å². The second-order valence-electron chi connectivity index (χ2n) is 9.03. The number of benzene rings is 3. The first-order valence-electron chi connectivity index (χ1n) is 12.4. The van der Waals surface area contributed by atoms with E-state index in [1.54, 1.807) is 42.5 Å². The molecule has 0 spiro atoms. The lowest BCUT2D eigenvalue weighted by atomic mass is 10.0. The van der Waals surface area contributed by atoms with Gasteiger partial charge in [0.2, 0.25) is 5.91 Å². The number of carbonyl (C=O) groups is 3. The number of hydrogen-bond acceptors (Lipinski definition) is 7. The Morgan fingerprint density at radius 2 is 1.67 bits per heavy atom. The summed E-state index contributed by atoms with van der Waals surface area (Å²) in [6.45, 7) is -0.0647. The third-order valence-corrected chi connectivity index (χ3v) is 7.37. The minimum absolute atomic E-state index is 0.0647. The van der Waals surface area contributed by atoms with Gasteiger partial charge >= 0.3 is 11.9 Å². The van der Waals surface area contributed by atoms with Crippen LogP contribution < -0.4 is 5.32 Å². The highest BCUT2D eigenvalue weighted by Gasteiger charge is 2.32. The minimum Gasteiger partial charge on any atom is -0.481 e. The largest absolute Gasteiger partial charge is 0.481 e. The molecule has 39 heavy (non-hydrogen) atoms. The van der Waals surface area contributed by atoms with Gasteiger partial charge in [-0.15, -0.1) is 11.8 Å². The molecule has 0 saturated carbocycles. The maximum Gasteiger partial charge on any atom is 0.336 e. The predicted molar refractivity (Wildman–Crippen MR) is 144 cm³/mol. The number of amides is 1. The van der Waals surface area contributed by atoms with Gasteiger partial charge in [0.15, 0.2) is 6.29 Å². The molecule has 4 rings (SSSR count). The molecule has 1 amide bonds. The third kappa shape index (κ3) is 7.90. The van der Waals surface area contributed by atoms with Crippen molar-refractivity contribution in [3.05, 3.63) is 95.1 Å². The van der Waals surface area contributed by atoms with E-state index in [1.807, 2.05) is 30.3 Å². The molecular formula is C29H29NO8S.